The Labute approximate surface area is 164 Å². The van der Waals surface area contributed by atoms with Crippen molar-refractivity contribution in [2.45, 2.75) is 63.3 Å². The number of nitrogens with zero attached hydrogens (tertiary/aromatic N) is 3. The summed E-state index contributed by atoms with van der Waals surface area (Å²) in [7, 11) is 0. The molecule has 4 rings (SSSR count). The van der Waals surface area contributed by atoms with Gasteiger partial charge in [-0.1, -0.05) is 17.8 Å². The Bertz CT molecular complexity index is 825. The summed E-state index contributed by atoms with van der Waals surface area (Å²) in [5.74, 6) is 1.88. The maximum absolute atomic E-state index is 12.4. The highest BCUT2D eigenvalue weighted by Crippen LogP contribution is 2.40. The van der Waals surface area contributed by atoms with Crippen LogP contribution in [0.3, 0.4) is 0 Å². The van der Waals surface area contributed by atoms with Gasteiger partial charge in [0.2, 0.25) is 5.91 Å². The van der Waals surface area contributed by atoms with Gasteiger partial charge in [-0.25, -0.2) is 0 Å². The fraction of sp³-hybridized carbons (Fsp3) is 0.550. The van der Waals surface area contributed by atoms with E-state index in [1.165, 1.54) is 35.7 Å². The van der Waals surface area contributed by atoms with Crippen molar-refractivity contribution in [1.82, 2.24) is 14.8 Å². The number of amides is 1. The molecule has 1 amide bonds. The number of carbonyl (C=O) groups excluding carboxylic acids is 1. The smallest absolute Gasteiger partial charge is 0.234 e. The second-order valence-electron chi connectivity index (χ2n) is 7.50. The maximum Gasteiger partial charge on any atom is 0.234 e. The summed E-state index contributed by atoms with van der Waals surface area (Å²) < 4.78 is 7.98. The van der Waals surface area contributed by atoms with E-state index in [0.29, 0.717) is 11.7 Å². The van der Waals surface area contributed by atoms with E-state index in [9.17, 15) is 4.79 Å². The van der Waals surface area contributed by atoms with Gasteiger partial charge in [-0.2, -0.15) is 0 Å². The molecule has 7 heteroatoms. The summed E-state index contributed by atoms with van der Waals surface area (Å²) >= 11 is 1.45. The lowest BCUT2D eigenvalue weighted by Gasteiger charge is -2.14. The SMILES string of the molecule is Cc1ccc(NC(=O)CSc2nnc(C3CC3)n2C[C@H]2CCCO2)cc1C. The Morgan fingerprint density at radius 3 is 2.81 bits per heavy atom. The number of aromatic nitrogens is 3. The predicted molar refractivity (Wildman–Crippen MR) is 106 cm³/mol. The minimum atomic E-state index is -0.0251. The molecule has 1 aromatic carbocycles. The molecule has 1 saturated carbocycles. The molecule has 1 aliphatic carbocycles. The molecule has 0 unspecified atom stereocenters. The van der Waals surface area contributed by atoms with Crippen molar-refractivity contribution in [2.24, 2.45) is 0 Å². The van der Waals surface area contributed by atoms with Crippen LogP contribution in [0.25, 0.3) is 0 Å². The van der Waals surface area contributed by atoms with Crippen molar-refractivity contribution in [3.05, 3.63) is 35.2 Å². The third-order valence-corrected chi connectivity index (χ3v) is 6.19. The van der Waals surface area contributed by atoms with Gasteiger partial charge in [0.15, 0.2) is 5.16 Å². The standard InChI is InChI=1S/C20H26N4O2S/c1-13-5-8-16(10-14(13)2)21-18(25)12-27-20-23-22-19(15-6-7-15)24(20)11-17-4-3-9-26-17/h5,8,10,15,17H,3-4,6-7,9,11-12H2,1-2H3,(H,21,25)/t17-/m1/s1. The minimum Gasteiger partial charge on any atom is -0.376 e. The first kappa shape index (κ1) is 18.5. The summed E-state index contributed by atoms with van der Waals surface area (Å²) in [6.07, 6.45) is 4.80. The fourth-order valence-corrected chi connectivity index (χ4v) is 4.12. The van der Waals surface area contributed by atoms with Crippen LogP contribution >= 0.6 is 11.8 Å². The molecule has 2 aliphatic rings. The van der Waals surface area contributed by atoms with Crippen molar-refractivity contribution in [3.63, 3.8) is 0 Å². The molecule has 6 nitrogen and oxygen atoms in total. The lowest BCUT2D eigenvalue weighted by atomic mass is 10.1. The first-order valence-corrected chi connectivity index (χ1v) is 10.6. The molecule has 2 heterocycles. The molecule has 0 radical (unpaired) electrons. The van der Waals surface area contributed by atoms with E-state index >= 15 is 0 Å². The number of benzene rings is 1. The van der Waals surface area contributed by atoms with Crippen LogP contribution in [-0.4, -0.2) is 39.1 Å². The summed E-state index contributed by atoms with van der Waals surface area (Å²) in [4.78, 5) is 12.4. The summed E-state index contributed by atoms with van der Waals surface area (Å²) in [6.45, 7) is 5.74. The topological polar surface area (TPSA) is 69.0 Å². The molecular formula is C20H26N4O2S. The molecule has 1 N–H and O–H groups in total. The Morgan fingerprint density at radius 2 is 2.11 bits per heavy atom. The molecule has 2 fully saturated rings. The first-order chi connectivity index (χ1) is 13.1. The van der Waals surface area contributed by atoms with Gasteiger partial charge in [0.1, 0.15) is 5.82 Å². The van der Waals surface area contributed by atoms with Gasteiger partial charge in [-0.05, 0) is 62.8 Å². The summed E-state index contributed by atoms with van der Waals surface area (Å²) in [5, 5.41) is 12.6. The van der Waals surface area contributed by atoms with Crippen molar-refractivity contribution in [3.8, 4) is 0 Å². The van der Waals surface area contributed by atoms with E-state index in [0.717, 1.165) is 42.7 Å². The molecule has 0 spiro atoms. The van der Waals surface area contributed by atoms with Gasteiger partial charge in [0.25, 0.3) is 0 Å². The number of anilines is 1. The number of aryl methyl sites for hydroxylation is 2. The van der Waals surface area contributed by atoms with Gasteiger partial charge in [-0.3, -0.25) is 4.79 Å². The minimum absolute atomic E-state index is 0.0251. The Hall–Kier alpha value is -1.86. The van der Waals surface area contributed by atoms with Crippen LogP contribution < -0.4 is 5.32 Å². The quantitative estimate of drug-likeness (QED) is 0.735. The summed E-state index contributed by atoms with van der Waals surface area (Å²) in [5.41, 5.74) is 3.23. The van der Waals surface area contributed by atoms with Crippen molar-refractivity contribution < 1.29 is 9.53 Å². The molecule has 27 heavy (non-hydrogen) atoms. The average Bonchev–Trinajstić information content (AvgIpc) is 3.21. The van der Waals surface area contributed by atoms with E-state index in [1.54, 1.807) is 0 Å². The van der Waals surface area contributed by atoms with Crippen LogP contribution in [0.2, 0.25) is 0 Å². The fourth-order valence-electron chi connectivity index (χ4n) is 3.36. The third-order valence-electron chi connectivity index (χ3n) is 5.22. The van der Waals surface area contributed by atoms with Crippen molar-refractivity contribution >= 4 is 23.4 Å². The Balaban J connectivity index is 1.39. The number of hydrogen-bond donors (Lipinski definition) is 1. The van der Waals surface area contributed by atoms with Crippen LogP contribution in [0.15, 0.2) is 23.4 Å². The Morgan fingerprint density at radius 1 is 1.26 bits per heavy atom. The number of hydrogen-bond acceptors (Lipinski definition) is 5. The van der Waals surface area contributed by atoms with Gasteiger partial charge in [0, 0.05) is 18.2 Å². The van der Waals surface area contributed by atoms with Crippen LogP contribution in [0.5, 0.6) is 0 Å². The number of nitrogens with one attached hydrogen (secondary N) is 1. The predicted octanol–water partition coefficient (Wildman–Crippen LogP) is 3.68. The average molecular weight is 387 g/mol. The van der Waals surface area contributed by atoms with E-state index in [1.807, 2.05) is 25.1 Å². The monoisotopic (exact) mass is 386 g/mol. The number of thioether (sulfide) groups is 1. The molecule has 1 aliphatic heterocycles. The normalized spacial score (nSPS) is 19.4. The largest absolute Gasteiger partial charge is 0.376 e. The number of ether oxygens (including phenoxy) is 1. The first-order valence-electron chi connectivity index (χ1n) is 9.65. The zero-order chi connectivity index (χ0) is 18.8. The van der Waals surface area contributed by atoms with Gasteiger partial charge in [0.05, 0.1) is 18.4 Å². The van der Waals surface area contributed by atoms with E-state index in [4.69, 9.17) is 4.74 Å². The molecule has 2 aromatic rings. The molecule has 0 bridgehead atoms. The zero-order valence-corrected chi connectivity index (χ0v) is 16.7. The van der Waals surface area contributed by atoms with Gasteiger partial charge >= 0.3 is 0 Å². The molecule has 1 saturated heterocycles. The van der Waals surface area contributed by atoms with Crippen molar-refractivity contribution in [2.75, 3.05) is 17.7 Å². The summed E-state index contributed by atoms with van der Waals surface area (Å²) in [6, 6.07) is 5.97. The lowest BCUT2D eigenvalue weighted by Crippen LogP contribution is -2.19. The number of carbonyl (C=O) groups is 1. The van der Waals surface area contributed by atoms with Crippen LogP contribution in [-0.2, 0) is 16.1 Å². The van der Waals surface area contributed by atoms with Crippen LogP contribution in [0.4, 0.5) is 5.69 Å². The highest BCUT2D eigenvalue weighted by Gasteiger charge is 2.32. The second-order valence-corrected chi connectivity index (χ2v) is 8.44. The number of rotatable bonds is 7. The molecular weight excluding hydrogens is 360 g/mol. The van der Waals surface area contributed by atoms with E-state index in [2.05, 4.69) is 27.0 Å². The van der Waals surface area contributed by atoms with Gasteiger partial charge < -0.3 is 14.6 Å². The highest BCUT2D eigenvalue weighted by molar-refractivity contribution is 7.99. The lowest BCUT2D eigenvalue weighted by molar-refractivity contribution is -0.113. The highest BCUT2D eigenvalue weighted by atomic mass is 32.2. The van der Waals surface area contributed by atoms with Gasteiger partial charge in [-0.15, -0.1) is 10.2 Å². The Kier molecular flexibility index (Phi) is 5.50. The van der Waals surface area contributed by atoms with Crippen molar-refractivity contribution in [1.29, 1.82) is 0 Å². The second kappa shape index (κ2) is 8.02. The third kappa shape index (κ3) is 4.52. The van der Waals surface area contributed by atoms with Crippen LogP contribution in [0.1, 0.15) is 48.6 Å². The zero-order valence-electron chi connectivity index (χ0n) is 15.9. The molecule has 1 aromatic heterocycles. The maximum atomic E-state index is 12.4. The molecule has 1 atom stereocenters. The van der Waals surface area contributed by atoms with Crippen LogP contribution in [0, 0.1) is 13.8 Å². The van der Waals surface area contributed by atoms with E-state index in [-0.39, 0.29) is 12.0 Å². The molecule has 144 valence electrons. The van der Waals surface area contributed by atoms with E-state index < -0.39 is 0 Å².